The molecular formula is C16H22FN3O. The lowest BCUT2D eigenvalue weighted by atomic mass is 9.81. The third-order valence-electron chi connectivity index (χ3n) is 3.56. The van der Waals surface area contributed by atoms with Crippen molar-refractivity contribution in [1.29, 1.82) is 0 Å². The summed E-state index contributed by atoms with van der Waals surface area (Å²) in [5.74, 6) is -0.615. The number of rotatable bonds is 4. The molecule has 1 atom stereocenters. The number of nitrogens with two attached hydrogens (primary N) is 1. The second-order valence-corrected chi connectivity index (χ2v) is 6.39. The van der Waals surface area contributed by atoms with E-state index in [4.69, 9.17) is 5.73 Å². The fourth-order valence-electron chi connectivity index (χ4n) is 2.57. The molecule has 4 nitrogen and oxygen atoms in total. The van der Waals surface area contributed by atoms with Gasteiger partial charge in [-0.3, -0.25) is 4.79 Å². The van der Waals surface area contributed by atoms with Crippen LogP contribution in [-0.2, 0) is 11.3 Å². The minimum Gasteiger partial charge on any atom is -0.330 e. The Labute approximate surface area is 124 Å². The highest BCUT2D eigenvalue weighted by molar-refractivity contribution is 6.10. The van der Waals surface area contributed by atoms with Crippen LogP contribution in [-0.4, -0.2) is 23.2 Å². The van der Waals surface area contributed by atoms with Crippen molar-refractivity contribution in [1.82, 2.24) is 5.01 Å². The average molecular weight is 291 g/mol. The largest absolute Gasteiger partial charge is 0.330 e. The standard InChI is InChI=1S/C16H22FN3O/c1-16(2,3)14-13(7-8-18)15(21)20(19-14)10-11-5-4-6-12(17)9-11/h4-6,9,13H,7-8,10,18H2,1-3H3. The van der Waals surface area contributed by atoms with Crippen molar-refractivity contribution in [3.05, 3.63) is 35.6 Å². The highest BCUT2D eigenvalue weighted by Gasteiger charge is 2.40. The molecule has 0 saturated heterocycles. The molecule has 21 heavy (non-hydrogen) atoms. The van der Waals surface area contributed by atoms with Gasteiger partial charge in [0, 0.05) is 5.41 Å². The van der Waals surface area contributed by atoms with E-state index in [0.717, 1.165) is 11.3 Å². The summed E-state index contributed by atoms with van der Waals surface area (Å²) in [6.07, 6.45) is 0.592. The molecule has 2 rings (SSSR count). The van der Waals surface area contributed by atoms with E-state index in [0.29, 0.717) is 13.0 Å². The lowest BCUT2D eigenvalue weighted by Crippen LogP contribution is -2.33. The normalized spacial score (nSPS) is 19.1. The van der Waals surface area contributed by atoms with Crippen molar-refractivity contribution in [2.24, 2.45) is 22.2 Å². The molecule has 0 aliphatic carbocycles. The van der Waals surface area contributed by atoms with Crippen molar-refractivity contribution >= 4 is 11.6 Å². The van der Waals surface area contributed by atoms with E-state index in [1.54, 1.807) is 12.1 Å². The number of benzene rings is 1. The quantitative estimate of drug-likeness (QED) is 0.926. The predicted molar refractivity (Wildman–Crippen MR) is 81.0 cm³/mol. The molecule has 5 heteroatoms. The highest BCUT2D eigenvalue weighted by atomic mass is 19.1. The van der Waals surface area contributed by atoms with Gasteiger partial charge in [-0.15, -0.1) is 0 Å². The third-order valence-corrected chi connectivity index (χ3v) is 3.56. The first-order valence-electron chi connectivity index (χ1n) is 7.18. The van der Waals surface area contributed by atoms with E-state index in [9.17, 15) is 9.18 Å². The van der Waals surface area contributed by atoms with Gasteiger partial charge in [-0.25, -0.2) is 9.40 Å². The van der Waals surface area contributed by atoms with Gasteiger partial charge in [-0.1, -0.05) is 32.9 Å². The molecule has 1 amide bonds. The smallest absolute Gasteiger partial charge is 0.251 e. The van der Waals surface area contributed by atoms with Gasteiger partial charge in [0.25, 0.3) is 5.91 Å². The van der Waals surface area contributed by atoms with Crippen LogP contribution in [0, 0.1) is 17.2 Å². The van der Waals surface area contributed by atoms with E-state index >= 15 is 0 Å². The van der Waals surface area contributed by atoms with E-state index < -0.39 is 0 Å². The number of halogens is 1. The summed E-state index contributed by atoms with van der Waals surface area (Å²) in [4.78, 5) is 12.5. The van der Waals surface area contributed by atoms with Crippen molar-refractivity contribution < 1.29 is 9.18 Å². The van der Waals surface area contributed by atoms with Crippen molar-refractivity contribution in [3.8, 4) is 0 Å². The maximum absolute atomic E-state index is 13.2. The van der Waals surface area contributed by atoms with Gasteiger partial charge in [0.15, 0.2) is 0 Å². The lowest BCUT2D eigenvalue weighted by molar-refractivity contribution is -0.132. The second-order valence-electron chi connectivity index (χ2n) is 6.39. The zero-order valence-corrected chi connectivity index (χ0v) is 12.8. The Morgan fingerprint density at radius 2 is 2.10 bits per heavy atom. The molecule has 0 spiro atoms. The van der Waals surface area contributed by atoms with E-state index in [2.05, 4.69) is 5.10 Å². The zero-order valence-electron chi connectivity index (χ0n) is 12.8. The summed E-state index contributed by atoms with van der Waals surface area (Å²) in [6.45, 7) is 6.84. The number of carbonyl (C=O) groups is 1. The monoisotopic (exact) mass is 291 g/mol. The first-order chi connectivity index (χ1) is 9.82. The van der Waals surface area contributed by atoms with Gasteiger partial charge in [0.1, 0.15) is 5.82 Å². The van der Waals surface area contributed by atoms with Crippen molar-refractivity contribution in [2.45, 2.75) is 33.7 Å². The molecule has 0 radical (unpaired) electrons. The highest BCUT2D eigenvalue weighted by Crippen LogP contribution is 2.31. The van der Waals surface area contributed by atoms with E-state index in [-0.39, 0.29) is 29.6 Å². The Balaban J connectivity index is 2.24. The Hall–Kier alpha value is -1.75. The van der Waals surface area contributed by atoms with Crippen LogP contribution in [0.25, 0.3) is 0 Å². The molecular weight excluding hydrogens is 269 g/mol. The van der Waals surface area contributed by atoms with Crippen LogP contribution in [0.15, 0.2) is 29.4 Å². The number of nitrogens with zero attached hydrogens (tertiary/aromatic N) is 2. The number of hydrazone groups is 1. The topological polar surface area (TPSA) is 58.7 Å². The van der Waals surface area contributed by atoms with Gasteiger partial charge in [-0.2, -0.15) is 5.10 Å². The molecule has 1 heterocycles. The second kappa shape index (κ2) is 5.93. The molecule has 0 saturated carbocycles. The zero-order chi connectivity index (χ0) is 15.6. The van der Waals surface area contributed by atoms with Crippen molar-refractivity contribution in [3.63, 3.8) is 0 Å². The van der Waals surface area contributed by atoms with E-state index in [1.807, 2.05) is 20.8 Å². The van der Waals surface area contributed by atoms with E-state index in [1.165, 1.54) is 17.1 Å². The number of hydrogen-bond acceptors (Lipinski definition) is 3. The van der Waals surface area contributed by atoms with Crippen LogP contribution in [0.5, 0.6) is 0 Å². The fourth-order valence-corrected chi connectivity index (χ4v) is 2.57. The summed E-state index contributed by atoms with van der Waals surface area (Å²) in [7, 11) is 0. The van der Waals surface area contributed by atoms with Gasteiger partial charge in [-0.05, 0) is 30.7 Å². The number of hydrogen-bond donors (Lipinski definition) is 1. The maximum atomic E-state index is 13.2. The van der Waals surface area contributed by atoms with Crippen LogP contribution in [0.2, 0.25) is 0 Å². The summed E-state index contributed by atoms with van der Waals surface area (Å²) in [5, 5.41) is 5.93. The van der Waals surface area contributed by atoms with Crippen LogP contribution in [0.3, 0.4) is 0 Å². The summed E-state index contributed by atoms with van der Waals surface area (Å²) >= 11 is 0. The molecule has 1 aliphatic rings. The van der Waals surface area contributed by atoms with Crippen LogP contribution < -0.4 is 5.73 Å². The third kappa shape index (κ3) is 3.47. The van der Waals surface area contributed by atoms with Crippen molar-refractivity contribution in [2.75, 3.05) is 6.54 Å². The minimum atomic E-state index is -0.308. The first kappa shape index (κ1) is 15.6. The summed E-state index contributed by atoms with van der Waals surface area (Å²) in [6, 6.07) is 6.24. The summed E-state index contributed by atoms with van der Waals surface area (Å²) < 4.78 is 13.2. The Bertz CT molecular complexity index is 563. The average Bonchev–Trinajstić information content (AvgIpc) is 2.68. The van der Waals surface area contributed by atoms with Gasteiger partial charge in [0.2, 0.25) is 0 Å². The fraction of sp³-hybridized carbons (Fsp3) is 0.500. The Morgan fingerprint density at radius 1 is 1.38 bits per heavy atom. The Morgan fingerprint density at radius 3 is 2.67 bits per heavy atom. The molecule has 1 aromatic rings. The first-order valence-corrected chi connectivity index (χ1v) is 7.18. The molecule has 1 aliphatic heterocycles. The SMILES string of the molecule is CC(C)(C)C1=NN(Cc2cccc(F)c2)C(=O)C1CCN. The number of carbonyl (C=O) groups excluding carboxylic acids is 1. The van der Waals surface area contributed by atoms with Gasteiger partial charge in [0.05, 0.1) is 18.2 Å². The molecule has 0 aromatic heterocycles. The van der Waals surface area contributed by atoms with Crippen LogP contribution in [0.1, 0.15) is 32.8 Å². The summed E-state index contributed by atoms with van der Waals surface area (Å²) in [5.41, 5.74) is 7.02. The van der Waals surface area contributed by atoms with Gasteiger partial charge >= 0.3 is 0 Å². The minimum absolute atomic E-state index is 0.0466. The predicted octanol–water partition coefficient (Wildman–Crippen LogP) is 2.53. The molecule has 0 bridgehead atoms. The van der Waals surface area contributed by atoms with Gasteiger partial charge < -0.3 is 5.73 Å². The molecule has 114 valence electrons. The number of amides is 1. The molecule has 0 fully saturated rings. The van der Waals surface area contributed by atoms with Crippen LogP contribution in [0.4, 0.5) is 4.39 Å². The Kier molecular flexibility index (Phi) is 4.42. The molecule has 1 aromatic carbocycles. The lowest BCUT2D eigenvalue weighted by Gasteiger charge is -2.21. The maximum Gasteiger partial charge on any atom is 0.251 e. The molecule has 1 unspecified atom stereocenters. The molecule has 2 N–H and O–H groups in total. The van der Waals surface area contributed by atoms with Crippen LogP contribution >= 0.6 is 0 Å².